The summed E-state index contributed by atoms with van der Waals surface area (Å²) in [6.45, 7) is 0. The molecule has 0 aliphatic heterocycles. The van der Waals surface area contributed by atoms with Gasteiger partial charge in [-0.25, -0.2) is 4.98 Å². The van der Waals surface area contributed by atoms with E-state index in [9.17, 15) is 13.2 Å². The van der Waals surface area contributed by atoms with Crippen molar-refractivity contribution in [3.63, 3.8) is 0 Å². The number of hydrogen-bond acceptors (Lipinski definition) is 3. The minimum atomic E-state index is -4.53. The van der Waals surface area contributed by atoms with Gasteiger partial charge in [0.15, 0.2) is 11.6 Å². The number of pyridine rings is 1. The maximum Gasteiger partial charge on any atom is 0.433 e. The molecule has 0 aliphatic carbocycles. The summed E-state index contributed by atoms with van der Waals surface area (Å²) >= 11 is 0. The monoisotopic (exact) mass is 178 g/mol. The van der Waals surface area contributed by atoms with Crippen LogP contribution in [0.5, 0.6) is 5.75 Å². The normalized spacial score (nSPS) is 11.6. The van der Waals surface area contributed by atoms with E-state index >= 15 is 0 Å². The van der Waals surface area contributed by atoms with Crippen molar-refractivity contribution in [3.8, 4) is 5.75 Å². The van der Waals surface area contributed by atoms with Gasteiger partial charge in [0, 0.05) is 0 Å². The molecular formula is C6H5F3N2O. The van der Waals surface area contributed by atoms with Gasteiger partial charge >= 0.3 is 6.18 Å². The minimum absolute atomic E-state index is 0.456. The Morgan fingerprint density at radius 2 is 1.92 bits per heavy atom. The second kappa shape index (κ2) is 2.54. The standard InChI is InChI=1S/C6H5F3N2O/c7-6(8,9)4-2-1-3(12)5(10)11-4/h1-2,12H,(H2,10,11). The summed E-state index contributed by atoms with van der Waals surface area (Å²) in [6, 6.07) is 1.51. The third-order valence-electron chi connectivity index (χ3n) is 1.19. The van der Waals surface area contributed by atoms with Gasteiger partial charge in [0.25, 0.3) is 0 Å². The highest BCUT2D eigenvalue weighted by molar-refractivity contribution is 5.45. The fraction of sp³-hybridized carbons (Fsp3) is 0.167. The van der Waals surface area contributed by atoms with Crippen LogP contribution in [0, 0.1) is 0 Å². The molecule has 0 fully saturated rings. The summed E-state index contributed by atoms with van der Waals surface area (Å²) in [7, 11) is 0. The van der Waals surface area contributed by atoms with Crippen molar-refractivity contribution in [2.24, 2.45) is 0 Å². The second-order valence-corrected chi connectivity index (χ2v) is 2.10. The summed E-state index contributed by atoms with van der Waals surface area (Å²) in [4.78, 5) is 2.95. The van der Waals surface area contributed by atoms with Gasteiger partial charge < -0.3 is 10.8 Å². The Labute approximate surface area is 65.6 Å². The minimum Gasteiger partial charge on any atom is -0.504 e. The second-order valence-electron chi connectivity index (χ2n) is 2.10. The molecule has 0 atom stereocenters. The average Bonchev–Trinajstić information content (AvgIpc) is 1.92. The van der Waals surface area contributed by atoms with Crippen LogP contribution >= 0.6 is 0 Å². The molecule has 0 saturated heterocycles. The lowest BCUT2D eigenvalue weighted by atomic mass is 10.3. The lowest BCUT2D eigenvalue weighted by Gasteiger charge is -2.05. The molecule has 0 bridgehead atoms. The zero-order valence-corrected chi connectivity index (χ0v) is 5.76. The van der Waals surface area contributed by atoms with Gasteiger partial charge in [0.2, 0.25) is 0 Å². The van der Waals surface area contributed by atoms with E-state index in [1.165, 1.54) is 0 Å². The highest BCUT2D eigenvalue weighted by Gasteiger charge is 2.32. The molecule has 1 aromatic heterocycles. The Morgan fingerprint density at radius 1 is 1.33 bits per heavy atom. The molecular weight excluding hydrogens is 173 g/mol. The molecule has 12 heavy (non-hydrogen) atoms. The first-order valence-electron chi connectivity index (χ1n) is 2.94. The SMILES string of the molecule is Nc1nc(C(F)(F)F)ccc1O. The van der Waals surface area contributed by atoms with Crippen LogP contribution in [0.25, 0.3) is 0 Å². The van der Waals surface area contributed by atoms with Crippen LogP contribution in [0.4, 0.5) is 19.0 Å². The molecule has 0 saturated carbocycles. The zero-order valence-electron chi connectivity index (χ0n) is 5.76. The highest BCUT2D eigenvalue weighted by atomic mass is 19.4. The Bertz CT molecular complexity index is 297. The van der Waals surface area contributed by atoms with Crippen LogP contribution in [0.1, 0.15) is 5.69 Å². The number of alkyl halides is 3. The highest BCUT2D eigenvalue weighted by Crippen LogP contribution is 2.30. The predicted molar refractivity (Wildman–Crippen MR) is 35.3 cm³/mol. The number of nitrogens with zero attached hydrogens (tertiary/aromatic N) is 1. The van der Waals surface area contributed by atoms with Gasteiger partial charge in [-0.3, -0.25) is 0 Å². The van der Waals surface area contributed by atoms with E-state index in [0.29, 0.717) is 6.07 Å². The van der Waals surface area contributed by atoms with E-state index in [0.717, 1.165) is 6.07 Å². The van der Waals surface area contributed by atoms with Crippen molar-refractivity contribution in [3.05, 3.63) is 17.8 Å². The number of nitrogen functional groups attached to an aromatic ring is 1. The van der Waals surface area contributed by atoms with Gasteiger partial charge in [0.05, 0.1) is 0 Å². The van der Waals surface area contributed by atoms with Gasteiger partial charge in [-0.15, -0.1) is 0 Å². The number of hydrogen-bond donors (Lipinski definition) is 2. The number of halogens is 3. The quantitative estimate of drug-likeness (QED) is 0.631. The number of rotatable bonds is 0. The lowest BCUT2D eigenvalue weighted by Crippen LogP contribution is -2.08. The smallest absolute Gasteiger partial charge is 0.433 e. The molecule has 0 aliphatic rings. The summed E-state index contributed by atoms with van der Waals surface area (Å²) in [5.74, 6) is -0.979. The number of anilines is 1. The van der Waals surface area contributed by atoms with E-state index < -0.39 is 23.4 Å². The van der Waals surface area contributed by atoms with E-state index in [1.54, 1.807) is 0 Å². The van der Waals surface area contributed by atoms with Gasteiger partial charge in [-0.2, -0.15) is 13.2 Å². The van der Waals surface area contributed by atoms with Gasteiger partial charge in [-0.1, -0.05) is 0 Å². The predicted octanol–water partition coefficient (Wildman–Crippen LogP) is 1.39. The Balaban J connectivity index is 3.14. The Morgan fingerprint density at radius 3 is 2.33 bits per heavy atom. The molecule has 0 unspecified atom stereocenters. The molecule has 0 radical (unpaired) electrons. The first kappa shape index (κ1) is 8.63. The van der Waals surface area contributed by atoms with Crippen molar-refractivity contribution in [1.82, 2.24) is 4.98 Å². The maximum atomic E-state index is 11.9. The molecule has 1 aromatic rings. The van der Waals surface area contributed by atoms with Gasteiger partial charge in [0.1, 0.15) is 5.69 Å². The van der Waals surface area contributed by atoms with Crippen LogP contribution in [0.3, 0.4) is 0 Å². The number of aromatic hydroxyl groups is 1. The molecule has 1 heterocycles. The average molecular weight is 178 g/mol. The van der Waals surface area contributed by atoms with Gasteiger partial charge in [-0.05, 0) is 12.1 Å². The van der Waals surface area contributed by atoms with Crippen molar-refractivity contribution in [1.29, 1.82) is 0 Å². The van der Waals surface area contributed by atoms with Crippen LogP contribution in [-0.2, 0) is 6.18 Å². The van der Waals surface area contributed by atoms with Crippen LogP contribution in [0.2, 0.25) is 0 Å². The fourth-order valence-corrected chi connectivity index (χ4v) is 0.625. The van der Waals surface area contributed by atoms with Crippen molar-refractivity contribution in [2.45, 2.75) is 6.18 Å². The third kappa shape index (κ3) is 1.58. The van der Waals surface area contributed by atoms with Crippen LogP contribution in [0.15, 0.2) is 12.1 Å². The third-order valence-corrected chi connectivity index (χ3v) is 1.19. The van der Waals surface area contributed by atoms with Crippen LogP contribution in [-0.4, -0.2) is 10.1 Å². The number of aromatic nitrogens is 1. The summed E-state index contributed by atoms with van der Waals surface area (Å²) in [5, 5.41) is 8.75. The Hall–Kier alpha value is -1.46. The first-order valence-corrected chi connectivity index (χ1v) is 2.94. The zero-order chi connectivity index (χ0) is 9.35. The largest absolute Gasteiger partial charge is 0.504 e. The van der Waals surface area contributed by atoms with Crippen LogP contribution < -0.4 is 5.73 Å². The number of nitrogens with two attached hydrogens (primary N) is 1. The van der Waals surface area contributed by atoms with Crippen molar-refractivity contribution >= 4 is 5.82 Å². The molecule has 0 amide bonds. The van der Waals surface area contributed by atoms with Crippen molar-refractivity contribution in [2.75, 3.05) is 5.73 Å². The summed E-state index contributed by atoms with van der Waals surface area (Å²) in [6.07, 6.45) is -4.53. The summed E-state index contributed by atoms with van der Waals surface area (Å²) in [5.41, 5.74) is 3.84. The first-order chi connectivity index (χ1) is 5.41. The van der Waals surface area contributed by atoms with E-state index in [-0.39, 0.29) is 0 Å². The van der Waals surface area contributed by atoms with E-state index in [4.69, 9.17) is 10.8 Å². The molecule has 0 aromatic carbocycles. The maximum absolute atomic E-state index is 11.9. The molecule has 66 valence electrons. The van der Waals surface area contributed by atoms with E-state index in [2.05, 4.69) is 4.98 Å². The Kier molecular flexibility index (Phi) is 1.83. The van der Waals surface area contributed by atoms with Crippen molar-refractivity contribution < 1.29 is 18.3 Å². The molecule has 3 nitrogen and oxygen atoms in total. The topological polar surface area (TPSA) is 59.1 Å². The summed E-state index contributed by atoms with van der Waals surface area (Å²) < 4.78 is 35.7. The molecule has 1 rings (SSSR count). The molecule has 6 heteroatoms. The lowest BCUT2D eigenvalue weighted by molar-refractivity contribution is -0.141. The molecule has 3 N–H and O–H groups in total. The molecule has 0 spiro atoms. The van der Waals surface area contributed by atoms with E-state index in [1.807, 2.05) is 0 Å². The fourth-order valence-electron chi connectivity index (χ4n) is 0.625.